The number of hydrogen-bond acceptors (Lipinski definition) is 3. The van der Waals surface area contributed by atoms with Gasteiger partial charge >= 0.3 is 6.03 Å². The van der Waals surface area contributed by atoms with Crippen molar-refractivity contribution >= 4 is 6.03 Å². The van der Waals surface area contributed by atoms with E-state index in [-0.39, 0.29) is 6.03 Å². The first kappa shape index (κ1) is 16.3. The highest BCUT2D eigenvalue weighted by Crippen LogP contribution is 2.32. The summed E-state index contributed by atoms with van der Waals surface area (Å²) in [5, 5.41) is 7.17. The van der Waals surface area contributed by atoms with E-state index in [1.54, 1.807) is 7.05 Å². The van der Waals surface area contributed by atoms with Crippen LogP contribution in [0.1, 0.15) is 30.7 Å². The molecule has 2 aliphatic rings. The van der Waals surface area contributed by atoms with Crippen molar-refractivity contribution in [3.05, 3.63) is 17.5 Å². The summed E-state index contributed by atoms with van der Waals surface area (Å²) in [6.07, 6.45) is 3.59. The van der Waals surface area contributed by atoms with Crippen LogP contribution in [-0.2, 0) is 13.6 Å². The normalized spacial score (nSPS) is 23.4. The second-order valence-electron chi connectivity index (χ2n) is 7.06. The quantitative estimate of drug-likeness (QED) is 0.921. The number of nitrogens with one attached hydrogen (secondary N) is 1. The molecule has 1 unspecified atom stereocenters. The molecule has 2 aliphatic heterocycles. The molecule has 0 radical (unpaired) electrons. The van der Waals surface area contributed by atoms with Crippen molar-refractivity contribution in [3.8, 4) is 0 Å². The number of aromatic nitrogens is 2. The fourth-order valence-corrected chi connectivity index (χ4v) is 4.16. The minimum Gasteiger partial charge on any atom is -0.341 e. The van der Waals surface area contributed by atoms with E-state index in [2.05, 4.69) is 28.3 Å². The number of urea groups is 1. The second-order valence-corrected chi connectivity index (χ2v) is 7.06. The molecule has 1 N–H and O–H groups in total. The van der Waals surface area contributed by atoms with Crippen molar-refractivity contribution in [2.24, 2.45) is 18.9 Å². The van der Waals surface area contributed by atoms with Crippen molar-refractivity contribution < 1.29 is 4.79 Å². The van der Waals surface area contributed by atoms with Gasteiger partial charge in [0.25, 0.3) is 0 Å². The number of likely N-dealkylation sites (tertiary alicyclic amines) is 2. The zero-order chi connectivity index (χ0) is 16.4. The fourth-order valence-electron chi connectivity index (χ4n) is 4.16. The minimum atomic E-state index is 0.0723. The van der Waals surface area contributed by atoms with E-state index in [9.17, 15) is 4.79 Å². The highest BCUT2D eigenvalue weighted by atomic mass is 16.2. The third kappa shape index (κ3) is 3.68. The van der Waals surface area contributed by atoms with Gasteiger partial charge in [-0.15, -0.1) is 0 Å². The van der Waals surface area contributed by atoms with Gasteiger partial charge in [-0.05, 0) is 50.6 Å². The maximum Gasteiger partial charge on any atom is 0.317 e. The number of aryl methyl sites for hydroxylation is 2. The van der Waals surface area contributed by atoms with Crippen LogP contribution in [0.15, 0.2) is 6.07 Å². The number of carbonyl (C=O) groups excluding carboxylic acids is 1. The molecule has 3 rings (SSSR count). The Hall–Kier alpha value is -1.56. The smallest absolute Gasteiger partial charge is 0.317 e. The number of carbonyl (C=O) groups is 1. The molecule has 0 aliphatic carbocycles. The van der Waals surface area contributed by atoms with Crippen LogP contribution in [0.3, 0.4) is 0 Å². The van der Waals surface area contributed by atoms with Crippen LogP contribution in [0.25, 0.3) is 0 Å². The molecular formula is C17H29N5O. The number of piperidine rings is 1. The van der Waals surface area contributed by atoms with Crippen LogP contribution in [0.5, 0.6) is 0 Å². The SMILES string of the molecule is CNC(=O)N1CCC(C2CCN(Cc3cc(C)nn3C)C2)CC1. The van der Waals surface area contributed by atoms with E-state index in [1.807, 2.05) is 16.6 Å². The summed E-state index contributed by atoms with van der Waals surface area (Å²) in [4.78, 5) is 16.2. The first-order valence-corrected chi connectivity index (χ1v) is 8.75. The topological polar surface area (TPSA) is 53.4 Å². The summed E-state index contributed by atoms with van der Waals surface area (Å²) >= 11 is 0. The van der Waals surface area contributed by atoms with Gasteiger partial charge in [0.1, 0.15) is 0 Å². The predicted molar refractivity (Wildman–Crippen MR) is 90.1 cm³/mol. The maximum atomic E-state index is 11.7. The first-order valence-electron chi connectivity index (χ1n) is 8.75. The molecule has 0 saturated carbocycles. The van der Waals surface area contributed by atoms with Gasteiger partial charge in [0, 0.05) is 40.3 Å². The average Bonchev–Trinajstić information content (AvgIpc) is 3.14. The maximum absolute atomic E-state index is 11.7. The van der Waals surface area contributed by atoms with E-state index in [0.717, 1.165) is 50.0 Å². The van der Waals surface area contributed by atoms with Gasteiger partial charge < -0.3 is 10.2 Å². The molecule has 2 saturated heterocycles. The average molecular weight is 319 g/mol. The number of nitrogens with zero attached hydrogens (tertiary/aromatic N) is 4. The molecule has 23 heavy (non-hydrogen) atoms. The summed E-state index contributed by atoms with van der Waals surface area (Å²) in [5.41, 5.74) is 2.40. The van der Waals surface area contributed by atoms with E-state index in [0.29, 0.717) is 0 Å². The number of amides is 2. The van der Waals surface area contributed by atoms with Crippen molar-refractivity contribution in [1.82, 2.24) is 24.9 Å². The van der Waals surface area contributed by atoms with Crippen LogP contribution in [0.4, 0.5) is 4.79 Å². The van der Waals surface area contributed by atoms with E-state index in [4.69, 9.17) is 0 Å². The Morgan fingerprint density at radius 3 is 2.57 bits per heavy atom. The van der Waals surface area contributed by atoms with Gasteiger partial charge in [-0.1, -0.05) is 0 Å². The lowest BCUT2D eigenvalue weighted by molar-refractivity contribution is 0.150. The van der Waals surface area contributed by atoms with Gasteiger partial charge in [0.05, 0.1) is 11.4 Å². The summed E-state index contributed by atoms with van der Waals surface area (Å²) in [6.45, 7) is 7.24. The van der Waals surface area contributed by atoms with Gasteiger partial charge in [0.2, 0.25) is 0 Å². The lowest BCUT2D eigenvalue weighted by atomic mass is 9.84. The molecule has 0 bridgehead atoms. The highest BCUT2D eigenvalue weighted by molar-refractivity contribution is 5.73. The molecule has 6 nitrogen and oxygen atoms in total. The lowest BCUT2D eigenvalue weighted by Crippen LogP contribution is -2.44. The van der Waals surface area contributed by atoms with Gasteiger partial charge in [-0.3, -0.25) is 9.58 Å². The lowest BCUT2D eigenvalue weighted by Gasteiger charge is -2.34. The Morgan fingerprint density at radius 1 is 1.26 bits per heavy atom. The third-order valence-electron chi connectivity index (χ3n) is 5.50. The standard InChI is InChI=1S/C17H29N5O/c1-13-10-16(20(3)19-13)12-21-7-4-15(11-21)14-5-8-22(9-6-14)17(23)18-2/h10,14-15H,4-9,11-12H2,1-3H3,(H,18,23). The summed E-state index contributed by atoms with van der Waals surface area (Å²) in [6, 6.07) is 2.26. The van der Waals surface area contributed by atoms with E-state index >= 15 is 0 Å². The van der Waals surface area contributed by atoms with Crippen LogP contribution < -0.4 is 5.32 Å². The Balaban J connectivity index is 1.49. The third-order valence-corrected chi connectivity index (χ3v) is 5.50. The molecular weight excluding hydrogens is 290 g/mol. The molecule has 2 fully saturated rings. The second kappa shape index (κ2) is 6.91. The molecule has 1 atom stereocenters. The van der Waals surface area contributed by atoms with Crippen molar-refractivity contribution in [2.75, 3.05) is 33.2 Å². The number of rotatable bonds is 3. The van der Waals surface area contributed by atoms with Crippen LogP contribution in [0, 0.1) is 18.8 Å². The molecule has 6 heteroatoms. The molecule has 1 aromatic rings. The van der Waals surface area contributed by atoms with Crippen LogP contribution >= 0.6 is 0 Å². The molecule has 0 spiro atoms. The molecule has 3 heterocycles. The first-order chi connectivity index (χ1) is 11.1. The molecule has 0 aromatic carbocycles. The minimum absolute atomic E-state index is 0.0723. The molecule has 1 aromatic heterocycles. The molecule has 128 valence electrons. The number of hydrogen-bond donors (Lipinski definition) is 1. The van der Waals surface area contributed by atoms with Crippen LogP contribution in [0.2, 0.25) is 0 Å². The van der Waals surface area contributed by atoms with Crippen molar-refractivity contribution in [3.63, 3.8) is 0 Å². The summed E-state index contributed by atoms with van der Waals surface area (Å²) in [5.74, 6) is 1.56. The monoisotopic (exact) mass is 319 g/mol. The Labute approximate surface area is 138 Å². The van der Waals surface area contributed by atoms with Crippen molar-refractivity contribution in [1.29, 1.82) is 0 Å². The zero-order valence-electron chi connectivity index (χ0n) is 14.6. The predicted octanol–water partition coefficient (Wildman–Crippen LogP) is 1.60. The van der Waals surface area contributed by atoms with E-state index < -0.39 is 0 Å². The fraction of sp³-hybridized carbons (Fsp3) is 0.765. The van der Waals surface area contributed by atoms with Crippen LogP contribution in [-0.4, -0.2) is 58.8 Å². The summed E-state index contributed by atoms with van der Waals surface area (Å²) in [7, 11) is 3.74. The Bertz CT molecular complexity index is 547. The van der Waals surface area contributed by atoms with Gasteiger partial charge in [-0.2, -0.15) is 5.10 Å². The largest absolute Gasteiger partial charge is 0.341 e. The van der Waals surface area contributed by atoms with E-state index in [1.165, 1.54) is 25.2 Å². The molecule has 2 amide bonds. The van der Waals surface area contributed by atoms with Gasteiger partial charge in [0.15, 0.2) is 0 Å². The Morgan fingerprint density at radius 2 is 1.96 bits per heavy atom. The highest BCUT2D eigenvalue weighted by Gasteiger charge is 2.32. The van der Waals surface area contributed by atoms with Gasteiger partial charge in [-0.25, -0.2) is 4.79 Å². The zero-order valence-corrected chi connectivity index (χ0v) is 14.6. The van der Waals surface area contributed by atoms with Crippen molar-refractivity contribution in [2.45, 2.75) is 32.7 Å². The Kier molecular flexibility index (Phi) is 4.90. The summed E-state index contributed by atoms with van der Waals surface area (Å²) < 4.78 is 2.00.